The molecule has 2 aromatic heterocycles. The Morgan fingerprint density at radius 3 is 2.70 bits per heavy atom. The van der Waals surface area contributed by atoms with Crippen molar-refractivity contribution >= 4 is 5.96 Å². The Labute approximate surface area is 136 Å². The molecular formula is C15H25N7O. The zero-order chi connectivity index (χ0) is 16.7. The average molecular weight is 319 g/mol. The summed E-state index contributed by atoms with van der Waals surface area (Å²) in [6, 6.07) is 0. The SMILES string of the molecule is CCNC(=NCc1c(CC)noc1CC)NCc1nncn1C. The van der Waals surface area contributed by atoms with Gasteiger partial charge in [-0.2, -0.15) is 0 Å². The molecule has 0 saturated carbocycles. The van der Waals surface area contributed by atoms with Gasteiger partial charge in [0.2, 0.25) is 0 Å². The van der Waals surface area contributed by atoms with Crippen LogP contribution in [0.15, 0.2) is 15.8 Å². The zero-order valence-electron chi connectivity index (χ0n) is 14.3. The molecule has 0 amide bonds. The first kappa shape index (κ1) is 17.0. The molecule has 0 saturated heterocycles. The molecule has 126 valence electrons. The molecule has 0 spiro atoms. The molecule has 0 atom stereocenters. The van der Waals surface area contributed by atoms with Crippen LogP contribution in [0.3, 0.4) is 0 Å². The smallest absolute Gasteiger partial charge is 0.191 e. The van der Waals surface area contributed by atoms with E-state index in [0.717, 1.165) is 48.2 Å². The monoisotopic (exact) mass is 319 g/mol. The number of hydrogen-bond acceptors (Lipinski definition) is 5. The van der Waals surface area contributed by atoms with Gasteiger partial charge in [-0.3, -0.25) is 0 Å². The van der Waals surface area contributed by atoms with E-state index in [2.05, 4.69) is 44.8 Å². The predicted octanol–water partition coefficient (Wildman–Crippen LogP) is 1.18. The van der Waals surface area contributed by atoms with Crippen LogP contribution in [0, 0.1) is 0 Å². The fourth-order valence-electron chi connectivity index (χ4n) is 2.25. The van der Waals surface area contributed by atoms with E-state index in [1.807, 2.05) is 18.5 Å². The average Bonchev–Trinajstić information content (AvgIpc) is 3.15. The number of guanidine groups is 1. The molecule has 2 rings (SSSR count). The first-order valence-corrected chi connectivity index (χ1v) is 8.00. The molecule has 0 fully saturated rings. The van der Waals surface area contributed by atoms with E-state index in [0.29, 0.717) is 13.1 Å². The molecule has 2 heterocycles. The third-order valence-electron chi connectivity index (χ3n) is 3.57. The summed E-state index contributed by atoms with van der Waals surface area (Å²) < 4.78 is 7.26. The molecule has 0 aliphatic heterocycles. The maximum Gasteiger partial charge on any atom is 0.191 e. The molecule has 0 radical (unpaired) electrons. The van der Waals surface area contributed by atoms with Gasteiger partial charge in [0.05, 0.1) is 18.8 Å². The highest BCUT2D eigenvalue weighted by atomic mass is 16.5. The summed E-state index contributed by atoms with van der Waals surface area (Å²) in [5.41, 5.74) is 2.07. The van der Waals surface area contributed by atoms with Gasteiger partial charge < -0.3 is 19.7 Å². The lowest BCUT2D eigenvalue weighted by Gasteiger charge is -2.11. The van der Waals surface area contributed by atoms with Crippen molar-refractivity contribution in [2.45, 2.75) is 46.7 Å². The highest BCUT2D eigenvalue weighted by molar-refractivity contribution is 5.79. The lowest BCUT2D eigenvalue weighted by atomic mass is 10.1. The van der Waals surface area contributed by atoms with Gasteiger partial charge in [-0.25, -0.2) is 4.99 Å². The second-order valence-electron chi connectivity index (χ2n) is 5.14. The van der Waals surface area contributed by atoms with Crippen molar-refractivity contribution in [3.63, 3.8) is 0 Å². The lowest BCUT2D eigenvalue weighted by Crippen LogP contribution is -2.37. The van der Waals surface area contributed by atoms with Crippen molar-refractivity contribution in [3.8, 4) is 0 Å². The minimum atomic E-state index is 0.546. The first-order valence-electron chi connectivity index (χ1n) is 8.00. The Bertz CT molecular complexity index is 623. The molecule has 2 N–H and O–H groups in total. The van der Waals surface area contributed by atoms with Crippen LogP contribution in [-0.2, 0) is 33.0 Å². The summed E-state index contributed by atoms with van der Waals surface area (Å²) in [7, 11) is 1.92. The Morgan fingerprint density at radius 1 is 1.26 bits per heavy atom. The van der Waals surface area contributed by atoms with Crippen LogP contribution in [0.5, 0.6) is 0 Å². The Balaban J connectivity index is 2.06. The van der Waals surface area contributed by atoms with Gasteiger partial charge in [0.15, 0.2) is 11.8 Å². The number of nitrogens with zero attached hydrogens (tertiary/aromatic N) is 5. The summed E-state index contributed by atoms with van der Waals surface area (Å²) in [5, 5.41) is 18.5. The predicted molar refractivity (Wildman–Crippen MR) is 87.9 cm³/mol. The molecule has 0 aromatic carbocycles. The van der Waals surface area contributed by atoms with E-state index in [4.69, 9.17) is 4.52 Å². The molecule has 8 heteroatoms. The van der Waals surface area contributed by atoms with Gasteiger partial charge in [0.25, 0.3) is 0 Å². The summed E-state index contributed by atoms with van der Waals surface area (Å²) in [6.45, 7) is 8.06. The molecule has 8 nitrogen and oxygen atoms in total. The number of aryl methyl sites for hydroxylation is 3. The fraction of sp³-hybridized carbons (Fsp3) is 0.600. The Morgan fingerprint density at radius 2 is 2.09 bits per heavy atom. The van der Waals surface area contributed by atoms with Crippen molar-refractivity contribution in [1.29, 1.82) is 0 Å². The fourth-order valence-corrected chi connectivity index (χ4v) is 2.25. The van der Waals surface area contributed by atoms with Crippen molar-refractivity contribution < 1.29 is 4.52 Å². The second-order valence-corrected chi connectivity index (χ2v) is 5.14. The van der Waals surface area contributed by atoms with E-state index in [9.17, 15) is 0 Å². The van der Waals surface area contributed by atoms with Gasteiger partial charge in [0, 0.05) is 25.6 Å². The molecule has 0 bridgehead atoms. The number of aliphatic imine (C=N–C) groups is 1. The van der Waals surface area contributed by atoms with Crippen LogP contribution in [0.25, 0.3) is 0 Å². The molecule has 0 aliphatic rings. The van der Waals surface area contributed by atoms with Gasteiger partial charge in [-0.1, -0.05) is 19.0 Å². The minimum absolute atomic E-state index is 0.546. The minimum Gasteiger partial charge on any atom is -0.361 e. The van der Waals surface area contributed by atoms with Gasteiger partial charge in [-0.15, -0.1) is 10.2 Å². The van der Waals surface area contributed by atoms with E-state index >= 15 is 0 Å². The first-order chi connectivity index (χ1) is 11.2. The Kier molecular flexibility index (Phi) is 6.13. The van der Waals surface area contributed by atoms with Crippen LogP contribution in [0.4, 0.5) is 0 Å². The number of aromatic nitrogens is 4. The largest absolute Gasteiger partial charge is 0.361 e. The molecule has 0 unspecified atom stereocenters. The summed E-state index contributed by atoms with van der Waals surface area (Å²) >= 11 is 0. The molecule has 0 aliphatic carbocycles. The van der Waals surface area contributed by atoms with Gasteiger partial charge in [0.1, 0.15) is 12.1 Å². The van der Waals surface area contributed by atoms with E-state index in [1.165, 1.54) is 0 Å². The molecular weight excluding hydrogens is 294 g/mol. The van der Waals surface area contributed by atoms with Crippen LogP contribution < -0.4 is 10.6 Å². The second kappa shape index (κ2) is 8.30. The zero-order valence-corrected chi connectivity index (χ0v) is 14.3. The number of nitrogens with one attached hydrogen (secondary N) is 2. The van der Waals surface area contributed by atoms with Crippen molar-refractivity contribution in [2.24, 2.45) is 12.0 Å². The summed E-state index contributed by atoms with van der Waals surface area (Å²) in [5.74, 6) is 2.50. The quantitative estimate of drug-likeness (QED) is 0.588. The highest BCUT2D eigenvalue weighted by Crippen LogP contribution is 2.16. The topological polar surface area (TPSA) is 93.2 Å². The van der Waals surface area contributed by atoms with E-state index < -0.39 is 0 Å². The summed E-state index contributed by atoms with van der Waals surface area (Å²) in [6.07, 6.45) is 3.34. The molecule has 23 heavy (non-hydrogen) atoms. The Hall–Kier alpha value is -2.38. The van der Waals surface area contributed by atoms with Crippen molar-refractivity contribution in [1.82, 2.24) is 30.6 Å². The van der Waals surface area contributed by atoms with Crippen molar-refractivity contribution in [3.05, 3.63) is 29.2 Å². The highest BCUT2D eigenvalue weighted by Gasteiger charge is 2.13. The van der Waals surface area contributed by atoms with Gasteiger partial charge >= 0.3 is 0 Å². The van der Waals surface area contributed by atoms with Gasteiger partial charge in [-0.05, 0) is 13.3 Å². The molecule has 2 aromatic rings. The van der Waals surface area contributed by atoms with Crippen LogP contribution in [0.2, 0.25) is 0 Å². The van der Waals surface area contributed by atoms with Crippen LogP contribution in [0.1, 0.15) is 43.6 Å². The maximum atomic E-state index is 5.38. The third kappa shape index (κ3) is 4.30. The van der Waals surface area contributed by atoms with Crippen LogP contribution >= 0.6 is 0 Å². The number of hydrogen-bond donors (Lipinski definition) is 2. The maximum absolute atomic E-state index is 5.38. The van der Waals surface area contributed by atoms with E-state index in [1.54, 1.807) is 6.33 Å². The lowest BCUT2D eigenvalue weighted by molar-refractivity contribution is 0.380. The van der Waals surface area contributed by atoms with E-state index in [-0.39, 0.29) is 0 Å². The third-order valence-corrected chi connectivity index (χ3v) is 3.57. The normalized spacial score (nSPS) is 11.7. The standard InChI is InChI=1S/C15H25N7O/c1-5-12-11(13(6-2)23-21-12)8-17-15(16-7-3)18-9-14-20-19-10-22(14)4/h10H,5-9H2,1-4H3,(H2,16,17,18). The van der Waals surface area contributed by atoms with Crippen LogP contribution in [-0.4, -0.2) is 32.4 Å². The summed E-state index contributed by atoms with van der Waals surface area (Å²) in [4.78, 5) is 4.64. The number of rotatable bonds is 7. The van der Waals surface area contributed by atoms with Crippen molar-refractivity contribution in [2.75, 3.05) is 6.54 Å².